The first-order valence-corrected chi connectivity index (χ1v) is 10.6. The predicted molar refractivity (Wildman–Crippen MR) is 118 cm³/mol. The Bertz CT molecular complexity index is 913. The molecule has 1 fully saturated rings. The van der Waals surface area contributed by atoms with Gasteiger partial charge in [0.05, 0.1) is 0 Å². The minimum Gasteiger partial charge on any atom is -0.382 e. The highest BCUT2D eigenvalue weighted by Gasteiger charge is 2.31. The monoisotopic (exact) mass is 376 g/mol. The highest BCUT2D eigenvalue weighted by atomic mass is 16.1. The summed E-state index contributed by atoms with van der Waals surface area (Å²) in [4.78, 5) is 11.6. The minimum absolute atomic E-state index is 0.221. The van der Waals surface area contributed by atoms with Crippen LogP contribution in [0.3, 0.4) is 0 Å². The maximum absolute atomic E-state index is 11.6. The lowest BCUT2D eigenvalue weighted by molar-refractivity contribution is 0.112. The normalized spacial score (nSPS) is 19.3. The summed E-state index contributed by atoms with van der Waals surface area (Å²) in [5, 5.41) is 3.66. The van der Waals surface area contributed by atoms with Crippen molar-refractivity contribution in [2.24, 2.45) is 5.41 Å². The van der Waals surface area contributed by atoms with Crippen LogP contribution in [-0.2, 0) is 6.42 Å². The average Bonchev–Trinajstić information content (AvgIpc) is 2.98. The van der Waals surface area contributed by atoms with Crippen LogP contribution in [-0.4, -0.2) is 16.9 Å². The maximum Gasteiger partial charge on any atom is 0.152 e. The SMILES string of the molecule is C=C1CC(C)(C)Cc2c1c(C)cn2-c1ccc(C=O)c(NC2CCCCC2)c1. The summed E-state index contributed by atoms with van der Waals surface area (Å²) < 4.78 is 2.32. The van der Waals surface area contributed by atoms with Gasteiger partial charge in [0, 0.05) is 40.4 Å². The zero-order chi connectivity index (χ0) is 19.9. The fourth-order valence-corrected chi connectivity index (χ4v) is 5.14. The lowest BCUT2D eigenvalue weighted by Crippen LogP contribution is -2.24. The summed E-state index contributed by atoms with van der Waals surface area (Å²) in [6.45, 7) is 11.2. The Morgan fingerprint density at radius 1 is 1.18 bits per heavy atom. The van der Waals surface area contributed by atoms with Gasteiger partial charge in [-0.1, -0.05) is 39.7 Å². The van der Waals surface area contributed by atoms with Crippen LogP contribution in [0.4, 0.5) is 5.69 Å². The summed E-state index contributed by atoms with van der Waals surface area (Å²) in [6.07, 6.45) is 11.5. The molecule has 2 aliphatic rings. The van der Waals surface area contributed by atoms with Crippen molar-refractivity contribution < 1.29 is 4.79 Å². The first kappa shape index (κ1) is 19.0. The number of fused-ring (bicyclic) bond motifs is 1. The molecule has 4 rings (SSSR count). The number of benzene rings is 1. The van der Waals surface area contributed by atoms with Gasteiger partial charge in [-0.3, -0.25) is 4.79 Å². The molecule has 0 spiro atoms. The Balaban J connectivity index is 1.74. The number of anilines is 1. The number of nitrogens with one attached hydrogen (secondary N) is 1. The largest absolute Gasteiger partial charge is 0.382 e. The van der Waals surface area contributed by atoms with Gasteiger partial charge < -0.3 is 9.88 Å². The van der Waals surface area contributed by atoms with Gasteiger partial charge in [-0.15, -0.1) is 0 Å². The molecular weight excluding hydrogens is 344 g/mol. The molecule has 28 heavy (non-hydrogen) atoms. The van der Waals surface area contributed by atoms with Gasteiger partial charge in [0.15, 0.2) is 6.29 Å². The second-order valence-electron chi connectivity index (χ2n) is 9.49. The fraction of sp³-hybridized carbons (Fsp3) is 0.480. The number of aromatic nitrogens is 1. The number of allylic oxidation sites excluding steroid dienone is 1. The van der Waals surface area contributed by atoms with Crippen LogP contribution in [0.5, 0.6) is 0 Å². The van der Waals surface area contributed by atoms with E-state index in [9.17, 15) is 4.79 Å². The van der Waals surface area contributed by atoms with E-state index in [-0.39, 0.29) is 5.41 Å². The molecule has 0 atom stereocenters. The fourth-order valence-electron chi connectivity index (χ4n) is 5.14. The van der Waals surface area contributed by atoms with Crippen LogP contribution in [0.1, 0.15) is 79.6 Å². The van der Waals surface area contributed by atoms with Crippen molar-refractivity contribution in [2.75, 3.05) is 5.32 Å². The van der Waals surface area contributed by atoms with E-state index in [1.54, 1.807) is 0 Å². The topological polar surface area (TPSA) is 34.0 Å². The molecule has 3 nitrogen and oxygen atoms in total. The molecule has 148 valence electrons. The Morgan fingerprint density at radius 2 is 1.93 bits per heavy atom. The third-order valence-corrected chi connectivity index (χ3v) is 6.39. The number of aryl methyl sites for hydroxylation is 1. The molecule has 1 aromatic carbocycles. The molecule has 0 amide bonds. The second kappa shape index (κ2) is 7.27. The van der Waals surface area contributed by atoms with E-state index in [2.05, 4.69) is 55.6 Å². The molecule has 1 saturated carbocycles. The molecule has 2 aromatic rings. The third kappa shape index (κ3) is 3.55. The average molecular weight is 377 g/mol. The molecular formula is C25H32N2O. The molecule has 0 radical (unpaired) electrons. The van der Waals surface area contributed by atoms with Gasteiger partial charge >= 0.3 is 0 Å². The van der Waals surface area contributed by atoms with E-state index in [0.717, 1.165) is 36.1 Å². The van der Waals surface area contributed by atoms with Gasteiger partial charge in [-0.2, -0.15) is 0 Å². The first-order chi connectivity index (χ1) is 13.4. The Hall–Kier alpha value is -2.29. The predicted octanol–water partition coefficient (Wildman–Crippen LogP) is 6.33. The maximum atomic E-state index is 11.6. The van der Waals surface area contributed by atoms with Crippen molar-refractivity contribution in [3.8, 4) is 5.69 Å². The van der Waals surface area contributed by atoms with Crippen molar-refractivity contribution in [2.45, 2.75) is 71.8 Å². The van der Waals surface area contributed by atoms with Crippen LogP contribution < -0.4 is 5.32 Å². The number of nitrogens with zero attached hydrogens (tertiary/aromatic N) is 1. The van der Waals surface area contributed by atoms with Gasteiger partial charge in [0.1, 0.15) is 0 Å². The van der Waals surface area contributed by atoms with Crippen molar-refractivity contribution in [3.63, 3.8) is 0 Å². The Kier molecular flexibility index (Phi) is 4.95. The van der Waals surface area contributed by atoms with E-state index in [1.807, 2.05) is 6.07 Å². The molecule has 0 saturated heterocycles. The lowest BCUT2D eigenvalue weighted by Gasteiger charge is -2.32. The molecule has 1 aromatic heterocycles. The van der Waals surface area contributed by atoms with Crippen LogP contribution >= 0.6 is 0 Å². The van der Waals surface area contributed by atoms with Crippen LogP contribution in [0.15, 0.2) is 31.0 Å². The number of carbonyl (C=O) groups excluding carboxylic acids is 1. The smallest absolute Gasteiger partial charge is 0.152 e. The summed E-state index contributed by atoms with van der Waals surface area (Å²) in [5.74, 6) is 0. The molecule has 1 N–H and O–H groups in total. The highest BCUT2D eigenvalue weighted by Crippen LogP contribution is 2.43. The third-order valence-electron chi connectivity index (χ3n) is 6.39. The number of rotatable bonds is 4. The number of hydrogen-bond acceptors (Lipinski definition) is 2. The molecule has 0 aliphatic heterocycles. The zero-order valence-corrected chi connectivity index (χ0v) is 17.5. The van der Waals surface area contributed by atoms with Gasteiger partial charge in [0.2, 0.25) is 0 Å². The van der Waals surface area contributed by atoms with Crippen LogP contribution in [0, 0.1) is 12.3 Å². The second-order valence-corrected chi connectivity index (χ2v) is 9.49. The van der Waals surface area contributed by atoms with Crippen molar-refractivity contribution >= 4 is 17.5 Å². The van der Waals surface area contributed by atoms with Crippen LogP contribution in [0.25, 0.3) is 11.3 Å². The summed E-state index contributed by atoms with van der Waals surface area (Å²) in [6, 6.07) is 6.65. The first-order valence-electron chi connectivity index (χ1n) is 10.6. The Labute approximate surface area is 168 Å². The van der Waals surface area contributed by atoms with Gasteiger partial charge in [-0.05, 0) is 67.4 Å². The van der Waals surface area contributed by atoms with E-state index in [0.29, 0.717) is 6.04 Å². The molecule has 3 heteroatoms. The highest BCUT2D eigenvalue weighted by molar-refractivity contribution is 5.85. The summed E-state index contributed by atoms with van der Waals surface area (Å²) in [7, 11) is 0. The van der Waals surface area contributed by atoms with Crippen LogP contribution in [0.2, 0.25) is 0 Å². The molecule has 2 aliphatic carbocycles. The van der Waals surface area contributed by atoms with Gasteiger partial charge in [0.25, 0.3) is 0 Å². The van der Waals surface area contributed by atoms with Crippen molar-refractivity contribution in [1.82, 2.24) is 4.57 Å². The van der Waals surface area contributed by atoms with E-state index >= 15 is 0 Å². The molecule has 1 heterocycles. The van der Waals surface area contributed by atoms with E-state index < -0.39 is 0 Å². The summed E-state index contributed by atoms with van der Waals surface area (Å²) in [5.41, 5.74) is 8.27. The standard InChI is InChI=1S/C25H32N2O/c1-17-13-25(3,4)14-23-24(17)18(2)15-27(23)21-11-10-19(16-28)22(12-21)26-20-8-6-5-7-9-20/h10-12,15-16,20,26H,1,5-9,13-14H2,2-4H3. The lowest BCUT2D eigenvalue weighted by atomic mass is 9.74. The quantitative estimate of drug-likeness (QED) is 0.633. The number of aldehydes is 1. The van der Waals surface area contributed by atoms with E-state index in [4.69, 9.17) is 0 Å². The Morgan fingerprint density at radius 3 is 2.64 bits per heavy atom. The minimum atomic E-state index is 0.221. The summed E-state index contributed by atoms with van der Waals surface area (Å²) >= 11 is 0. The van der Waals surface area contributed by atoms with Crippen molar-refractivity contribution in [3.05, 3.63) is 53.4 Å². The number of hydrogen-bond donors (Lipinski definition) is 1. The zero-order valence-electron chi connectivity index (χ0n) is 17.5. The van der Waals surface area contributed by atoms with E-state index in [1.165, 1.54) is 54.5 Å². The molecule has 0 unspecified atom stereocenters. The van der Waals surface area contributed by atoms with Crippen molar-refractivity contribution in [1.29, 1.82) is 0 Å². The number of carbonyl (C=O) groups is 1. The molecule has 0 bridgehead atoms. The van der Waals surface area contributed by atoms with Gasteiger partial charge in [-0.25, -0.2) is 0 Å².